The van der Waals surface area contributed by atoms with E-state index in [1.807, 2.05) is 20.8 Å². The van der Waals surface area contributed by atoms with Crippen molar-refractivity contribution in [1.82, 2.24) is 5.32 Å². The van der Waals surface area contributed by atoms with Gasteiger partial charge in [-0.05, 0) is 26.7 Å². The van der Waals surface area contributed by atoms with Crippen LogP contribution in [0.3, 0.4) is 0 Å². The van der Waals surface area contributed by atoms with Gasteiger partial charge in [0.05, 0.1) is 16.9 Å². The minimum atomic E-state index is -0.215. The average Bonchev–Trinajstić information content (AvgIpc) is 2.45. The van der Waals surface area contributed by atoms with E-state index in [4.69, 9.17) is 4.74 Å². The third kappa shape index (κ3) is 2.42. The van der Waals surface area contributed by atoms with Crippen molar-refractivity contribution in [1.29, 1.82) is 0 Å². The summed E-state index contributed by atoms with van der Waals surface area (Å²) in [6, 6.07) is 0. The Morgan fingerprint density at radius 1 is 1.79 bits per heavy atom. The van der Waals surface area contributed by atoms with E-state index in [2.05, 4.69) is 17.9 Å². The Hall–Kier alpha value is -0.220. The van der Waals surface area contributed by atoms with E-state index in [1.165, 1.54) is 0 Å². The second-order valence-corrected chi connectivity index (χ2v) is 4.72. The van der Waals surface area contributed by atoms with Crippen LogP contribution >= 0.6 is 12.6 Å². The van der Waals surface area contributed by atoms with Crippen LogP contribution in [0.4, 0.5) is 0 Å². The fourth-order valence-corrected chi connectivity index (χ4v) is 1.61. The van der Waals surface area contributed by atoms with Gasteiger partial charge in [-0.15, -0.1) is 0 Å². The van der Waals surface area contributed by atoms with Crippen LogP contribution in [-0.2, 0) is 9.53 Å². The molecular weight excluding hydrogens is 198 g/mol. The Morgan fingerprint density at radius 3 is 2.86 bits per heavy atom. The van der Waals surface area contributed by atoms with Crippen LogP contribution in [0.25, 0.3) is 0 Å². The highest BCUT2D eigenvalue weighted by molar-refractivity contribution is 7.81. The molecule has 1 rings (SSSR count). The van der Waals surface area contributed by atoms with Crippen LogP contribution in [0.2, 0.25) is 0 Å². The highest BCUT2D eigenvalue weighted by Gasteiger charge is 2.38. The molecule has 1 aliphatic heterocycles. The van der Waals surface area contributed by atoms with Crippen molar-refractivity contribution in [2.45, 2.75) is 50.5 Å². The number of carbonyl (C=O) groups is 1. The fourth-order valence-electron chi connectivity index (χ4n) is 1.55. The van der Waals surface area contributed by atoms with Gasteiger partial charge in [0.25, 0.3) is 0 Å². The molecule has 3 unspecified atom stereocenters. The van der Waals surface area contributed by atoms with E-state index >= 15 is 0 Å². The lowest BCUT2D eigenvalue weighted by Gasteiger charge is -2.29. The SMILES string of the molecule is CCC(S)C(=O)NC1(C)CCOC1C. The molecular formula is C10H19NO2S. The molecule has 1 heterocycles. The lowest BCUT2D eigenvalue weighted by atomic mass is 9.94. The number of ether oxygens (including phenoxy) is 1. The molecule has 0 spiro atoms. The topological polar surface area (TPSA) is 38.3 Å². The highest BCUT2D eigenvalue weighted by atomic mass is 32.1. The first-order valence-electron chi connectivity index (χ1n) is 5.11. The number of hydrogen-bond acceptors (Lipinski definition) is 3. The van der Waals surface area contributed by atoms with E-state index in [0.717, 1.165) is 19.4 Å². The summed E-state index contributed by atoms with van der Waals surface area (Å²) in [7, 11) is 0. The first kappa shape index (κ1) is 11.9. The van der Waals surface area contributed by atoms with Gasteiger partial charge >= 0.3 is 0 Å². The van der Waals surface area contributed by atoms with Gasteiger partial charge in [0.1, 0.15) is 0 Å². The summed E-state index contributed by atoms with van der Waals surface area (Å²) in [5, 5.41) is 2.81. The second-order valence-electron chi connectivity index (χ2n) is 4.09. The zero-order chi connectivity index (χ0) is 10.8. The van der Waals surface area contributed by atoms with Gasteiger partial charge in [-0.25, -0.2) is 0 Å². The Kier molecular flexibility index (Phi) is 3.84. The molecule has 0 saturated carbocycles. The standard InChI is InChI=1S/C10H19NO2S/c1-4-8(14)9(12)11-10(3)5-6-13-7(10)2/h7-8,14H,4-6H2,1-3H3,(H,11,12). The average molecular weight is 217 g/mol. The summed E-state index contributed by atoms with van der Waals surface area (Å²) < 4.78 is 5.44. The summed E-state index contributed by atoms with van der Waals surface area (Å²) >= 11 is 4.21. The van der Waals surface area contributed by atoms with Crippen LogP contribution < -0.4 is 5.32 Å². The second kappa shape index (κ2) is 4.53. The number of hydrogen-bond donors (Lipinski definition) is 2. The maximum Gasteiger partial charge on any atom is 0.233 e. The van der Waals surface area contributed by atoms with Gasteiger partial charge in [0.2, 0.25) is 5.91 Å². The van der Waals surface area contributed by atoms with Gasteiger partial charge in [0, 0.05) is 6.61 Å². The number of thiol groups is 1. The molecule has 0 aliphatic carbocycles. The molecule has 0 aromatic rings. The van der Waals surface area contributed by atoms with Crippen LogP contribution in [0.15, 0.2) is 0 Å². The van der Waals surface area contributed by atoms with Gasteiger partial charge in [0.15, 0.2) is 0 Å². The number of amides is 1. The largest absolute Gasteiger partial charge is 0.376 e. The van der Waals surface area contributed by atoms with E-state index in [9.17, 15) is 4.79 Å². The lowest BCUT2D eigenvalue weighted by Crippen LogP contribution is -2.52. The van der Waals surface area contributed by atoms with Crippen molar-refractivity contribution in [3.8, 4) is 0 Å². The first-order valence-corrected chi connectivity index (χ1v) is 5.63. The minimum absolute atomic E-state index is 0.00989. The highest BCUT2D eigenvalue weighted by Crippen LogP contribution is 2.25. The van der Waals surface area contributed by atoms with Crippen LogP contribution in [0.5, 0.6) is 0 Å². The molecule has 1 aliphatic rings. The Labute approximate surface area is 91.0 Å². The summed E-state index contributed by atoms with van der Waals surface area (Å²) in [6.07, 6.45) is 1.72. The molecule has 4 heteroatoms. The van der Waals surface area contributed by atoms with Crippen LogP contribution in [-0.4, -0.2) is 29.4 Å². The van der Waals surface area contributed by atoms with E-state index < -0.39 is 0 Å². The van der Waals surface area contributed by atoms with E-state index in [1.54, 1.807) is 0 Å². The van der Waals surface area contributed by atoms with Crippen molar-refractivity contribution in [2.75, 3.05) is 6.61 Å². The molecule has 3 nitrogen and oxygen atoms in total. The molecule has 0 aromatic heterocycles. The molecule has 0 radical (unpaired) electrons. The lowest BCUT2D eigenvalue weighted by molar-refractivity contribution is -0.123. The minimum Gasteiger partial charge on any atom is -0.376 e. The molecule has 0 aromatic carbocycles. The van der Waals surface area contributed by atoms with Gasteiger partial charge < -0.3 is 10.1 Å². The number of carbonyl (C=O) groups excluding carboxylic acids is 1. The maximum atomic E-state index is 11.6. The fraction of sp³-hybridized carbons (Fsp3) is 0.900. The third-order valence-electron chi connectivity index (χ3n) is 2.98. The first-order chi connectivity index (χ1) is 6.49. The molecule has 3 atom stereocenters. The third-order valence-corrected chi connectivity index (χ3v) is 3.58. The van der Waals surface area contributed by atoms with E-state index in [-0.39, 0.29) is 22.8 Å². The summed E-state index contributed by atoms with van der Waals surface area (Å²) in [5.41, 5.74) is -0.215. The van der Waals surface area contributed by atoms with E-state index in [0.29, 0.717) is 0 Å². The monoisotopic (exact) mass is 217 g/mol. The molecule has 82 valence electrons. The zero-order valence-electron chi connectivity index (χ0n) is 9.04. The van der Waals surface area contributed by atoms with Crippen molar-refractivity contribution in [3.05, 3.63) is 0 Å². The predicted molar refractivity (Wildman–Crippen MR) is 59.6 cm³/mol. The molecule has 1 amide bonds. The molecule has 0 bridgehead atoms. The summed E-state index contributed by atoms with van der Waals surface area (Å²) in [5.74, 6) is 0.00989. The predicted octanol–water partition coefficient (Wildman–Crippen LogP) is 1.38. The zero-order valence-corrected chi connectivity index (χ0v) is 9.93. The van der Waals surface area contributed by atoms with Gasteiger partial charge in [-0.1, -0.05) is 6.92 Å². The van der Waals surface area contributed by atoms with Crippen LogP contribution in [0, 0.1) is 0 Å². The molecule has 1 fully saturated rings. The Bertz CT molecular complexity index is 222. The van der Waals surface area contributed by atoms with Crippen molar-refractivity contribution in [2.24, 2.45) is 0 Å². The van der Waals surface area contributed by atoms with Gasteiger partial charge in [-0.2, -0.15) is 12.6 Å². The maximum absolute atomic E-state index is 11.6. The van der Waals surface area contributed by atoms with Crippen molar-refractivity contribution < 1.29 is 9.53 Å². The van der Waals surface area contributed by atoms with Crippen molar-refractivity contribution in [3.63, 3.8) is 0 Å². The molecule has 1 N–H and O–H groups in total. The molecule has 14 heavy (non-hydrogen) atoms. The number of rotatable bonds is 3. The Balaban J connectivity index is 2.54. The van der Waals surface area contributed by atoms with Gasteiger partial charge in [-0.3, -0.25) is 4.79 Å². The smallest absolute Gasteiger partial charge is 0.233 e. The molecule has 1 saturated heterocycles. The van der Waals surface area contributed by atoms with Crippen molar-refractivity contribution >= 4 is 18.5 Å². The van der Waals surface area contributed by atoms with Crippen LogP contribution in [0.1, 0.15) is 33.6 Å². The summed E-state index contributed by atoms with van der Waals surface area (Å²) in [6.45, 7) is 6.70. The quantitative estimate of drug-likeness (QED) is 0.701. The Morgan fingerprint density at radius 2 is 2.43 bits per heavy atom. The number of nitrogens with one attached hydrogen (secondary N) is 1. The summed E-state index contributed by atoms with van der Waals surface area (Å²) in [4.78, 5) is 11.6. The normalized spacial score (nSPS) is 34.1.